The van der Waals surface area contributed by atoms with E-state index in [1.807, 2.05) is 0 Å². The lowest BCUT2D eigenvalue weighted by molar-refractivity contribution is -0.386. The Bertz CT molecular complexity index is 511. The molecule has 0 fully saturated rings. The fourth-order valence-corrected chi connectivity index (χ4v) is 1.38. The number of nitro groups is 1. The van der Waals surface area contributed by atoms with Crippen LogP contribution in [0.1, 0.15) is 22.8 Å². The number of carbonyl (C=O) groups excluding carboxylic acids is 1. The zero-order valence-electron chi connectivity index (χ0n) is 9.75. The Morgan fingerprint density at radius 3 is 2.61 bits per heavy atom. The van der Waals surface area contributed by atoms with Gasteiger partial charge in [-0.05, 0) is 26.0 Å². The second kappa shape index (κ2) is 5.26. The van der Waals surface area contributed by atoms with Crippen molar-refractivity contribution in [3.63, 3.8) is 0 Å². The molecule has 0 aromatic heterocycles. The van der Waals surface area contributed by atoms with Gasteiger partial charge in [0.2, 0.25) is 0 Å². The second-order valence-electron chi connectivity index (χ2n) is 3.60. The van der Waals surface area contributed by atoms with E-state index in [1.54, 1.807) is 0 Å². The molecule has 0 amide bonds. The second-order valence-corrected chi connectivity index (χ2v) is 3.60. The lowest BCUT2D eigenvalue weighted by Gasteiger charge is -2.12. The third-order valence-corrected chi connectivity index (χ3v) is 2.40. The third-order valence-electron chi connectivity index (χ3n) is 2.40. The molecule has 7 nitrogen and oxygen atoms in total. The largest absolute Gasteiger partial charge is 0.479 e. The molecular weight excluding hydrogens is 242 g/mol. The summed E-state index contributed by atoms with van der Waals surface area (Å²) in [7, 11) is 0. The van der Waals surface area contributed by atoms with Gasteiger partial charge in [0.15, 0.2) is 18.1 Å². The average molecular weight is 253 g/mol. The van der Waals surface area contributed by atoms with Crippen LogP contribution in [0, 0.1) is 17.0 Å². The van der Waals surface area contributed by atoms with Crippen molar-refractivity contribution >= 4 is 17.9 Å². The number of hydrogen-bond acceptors (Lipinski definition) is 5. The molecule has 1 atom stereocenters. The molecule has 0 aliphatic heterocycles. The van der Waals surface area contributed by atoms with E-state index in [4.69, 9.17) is 9.84 Å². The van der Waals surface area contributed by atoms with Gasteiger partial charge in [0.1, 0.15) is 0 Å². The Kier molecular flexibility index (Phi) is 3.98. The minimum absolute atomic E-state index is 0.144. The maximum absolute atomic E-state index is 10.9. The van der Waals surface area contributed by atoms with E-state index >= 15 is 0 Å². The van der Waals surface area contributed by atoms with E-state index in [-0.39, 0.29) is 16.9 Å². The number of carboxylic acid groups (broad SMARTS) is 1. The number of carboxylic acids is 1. The molecule has 18 heavy (non-hydrogen) atoms. The van der Waals surface area contributed by atoms with Crippen molar-refractivity contribution in [1.82, 2.24) is 0 Å². The Morgan fingerprint density at radius 1 is 1.56 bits per heavy atom. The summed E-state index contributed by atoms with van der Waals surface area (Å²) in [5.41, 5.74) is -0.0881. The number of benzene rings is 1. The van der Waals surface area contributed by atoms with Crippen molar-refractivity contribution in [1.29, 1.82) is 0 Å². The first-order valence-corrected chi connectivity index (χ1v) is 5.01. The molecule has 0 bridgehead atoms. The summed E-state index contributed by atoms with van der Waals surface area (Å²) in [6.07, 6.45) is -0.725. The molecule has 0 saturated carbocycles. The summed E-state index contributed by atoms with van der Waals surface area (Å²) in [6.45, 7) is 2.66. The number of aliphatic carboxylic acids is 1. The Balaban J connectivity index is 3.28. The van der Waals surface area contributed by atoms with Crippen LogP contribution in [0.4, 0.5) is 5.69 Å². The van der Waals surface area contributed by atoms with Crippen LogP contribution in [0.15, 0.2) is 12.1 Å². The minimum atomic E-state index is -1.23. The third kappa shape index (κ3) is 2.62. The predicted molar refractivity (Wildman–Crippen MR) is 60.9 cm³/mol. The Hall–Kier alpha value is -2.44. The smallest absolute Gasteiger partial charge is 0.344 e. The minimum Gasteiger partial charge on any atom is -0.479 e. The molecule has 0 aliphatic rings. The highest BCUT2D eigenvalue weighted by Crippen LogP contribution is 2.32. The van der Waals surface area contributed by atoms with Crippen LogP contribution in [0.5, 0.6) is 5.75 Å². The Morgan fingerprint density at radius 2 is 2.17 bits per heavy atom. The molecular formula is C11H11NO6. The van der Waals surface area contributed by atoms with Gasteiger partial charge >= 0.3 is 11.7 Å². The number of ether oxygens (including phenoxy) is 1. The number of aldehydes is 1. The molecule has 0 heterocycles. The van der Waals surface area contributed by atoms with Crippen LogP contribution < -0.4 is 4.74 Å². The van der Waals surface area contributed by atoms with Gasteiger partial charge in [-0.15, -0.1) is 0 Å². The average Bonchev–Trinajstić information content (AvgIpc) is 2.28. The van der Waals surface area contributed by atoms with Gasteiger partial charge in [0.25, 0.3) is 0 Å². The van der Waals surface area contributed by atoms with Crippen molar-refractivity contribution in [2.45, 2.75) is 20.0 Å². The van der Waals surface area contributed by atoms with E-state index < -0.39 is 22.7 Å². The van der Waals surface area contributed by atoms with E-state index in [0.29, 0.717) is 6.29 Å². The van der Waals surface area contributed by atoms with E-state index in [2.05, 4.69) is 0 Å². The fraction of sp³-hybridized carbons (Fsp3) is 0.273. The first kappa shape index (κ1) is 13.6. The van der Waals surface area contributed by atoms with Crippen LogP contribution in [-0.4, -0.2) is 28.4 Å². The maximum atomic E-state index is 10.9. The number of rotatable bonds is 5. The summed E-state index contributed by atoms with van der Waals surface area (Å²) in [4.78, 5) is 31.6. The van der Waals surface area contributed by atoms with Crippen LogP contribution in [0.2, 0.25) is 0 Å². The van der Waals surface area contributed by atoms with Gasteiger partial charge in [0.05, 0.1) is 4.92 Å². The molecule has 1 aromatic carbocycles. The highest BCUT2D eigenvalue weighted by molar-refractivity contribution is 5.81. The number of carbonyl (C=O) groups is 2. The molecule has 0 radical (unpaired) electrons. The zero-order valence-corrected chi connectivity index (χ0v) is 9.75. The van der Waals surface area contributed by atoms with Gasteiger partial charge in [-0.1, -0.05) is 0 Å². The quantitative estimate of drug-likeness (QED) is 0.484. The predicted octanol–water partition coefficient (Wildman–Crippen LogP) is 1.57. The lowest BCUT2D eigenvalue weighted by Crippen LogP contribution is -2.23. The van der Waals surface area contributed by atoms with Gasteiger partial charge in [-0.3, -0.25) is 14.9 Å². The van der Waals surface area contributed by atoms with Crippen LogP contribution in [0.25, 0.3) is 0 Å². The zero-order chi connectivity index (χ0) is 13.9. The van der Waals surface area contributed by atoms with Crippen LogP contribution >= 0.6 is 0 Å². The summed E-state index contributed by atoms with van der Waals surface area (Å²) in [5, 5.41) is 19.6. The van der Waals surface area contributed by atoms with Gasteiger partial charge < -0.3 is 9.84 Å². The van der Waals surface area contributed by atoms with E-state index in [0.717, 1.165) is 0 Å². The molecule has 1 N–H and O–H groups in total. The molecule has 1 aromatic rings. The van der Waals surface area contributed by atoms with Crippen molar-refractivity contribution in [3.8, 4) is 5.75 Å². The summed E-state index contributed by atoms with van der Waals surface area (Å²) >= 11 is 0. The standard InChI is InChI=1S/C11H11NO6/c1-6-8(5-13)3-4-9(10(6)12(16)17)18-7(2)11(14)15/h3-5,7H,1-2H3,(H,14,15). The van der Waals surface area contributed by atoms with E-state index in [1.165, 1.54) is 26.0 Å². The van der Waals surface area contributed by atoms with Crippen molar-refractivity contribution < 1.29 is 24.4 Å². The summed E-state index contributed by atoms with van der Waals surface area (Å²) in [6, 6.07) is 2.56. The van der Waals surface area contributed by atoms with Gasteiger partial charge in [0, 0.05) is 11.1 Å². The molecule has 0 spiro atoms. The van der Waals surface area contributed by atoms with Crippen molar-refractivity contribution in [2.75, 3.05) is 0 Å². The molecule has 7 heteroatoms. The Labute approximate surface area is 102 Å². The van der Waals surface area contributed by atoms with Gasteiger partial charge in [-0.2, -0.15) is 0 Å². The molecule has 96 valence electrons. The lowest BCUT2D eigenvalue weighted by atomic mass is 10.1. The number of nitrogens with zero attached hydrogens (tertiary/aromatic N) is 1. The van der Waals surface area contributed by atoms with Crippen molar-refractivity contribution in [3.05, 3.63) is 33.4 Å². The monoisotopic (exact) mass is 253 g/mol. The summed E-state index contributed by atoms with van der Waals surface area (Å²) < 4.78 is 4.99. The van der Waals surface area contributed by atoms with Crippen molar-refractivity contribution in [2.24, 2.45) is 0 Å². The van der Waals surface area contributed by atoms with Crippen LogP contribution in [-0.2, 0) is 4.79 Å². The highest BCUT2D eigenvalue weighted by atomic mass is 16.6. The maximum Gasteiger partial charge on any atom is 0.344 e. The highest BCUT2D eigenvalue weighted by Gasteiger charge is 2.24. The molecule has 0 aliphatic carbocycles. The fourth-order valence-electron chi connectivity index (χ4n) is 1.38. The topological polar surface area (TPSA) is 107 Å². The normalized spacial score (nSPS) is 11.7. The SMILES string of the molecule is Cc1c(C=O)ccc(OC(C)C(=O)O)c1[N+](=O)[O-]. The van der Waals surface area contributed by atoms with Crippen LogP contribution in [0.3, 0.4) is 0 Å². The molecule has 1 rings (SSSR count). The first-order chi connectivity index (χ1) is 8.38. The number of nitro benzene ring substituents is 1. The number of hydrogen-bond donors (Lipinski definition) is 1. The molecule has 0 saturated heterocycles. The molecule has 1 unspecified atom stereocenters. The first-order valence-electron chi connectivity index (χ1n) is 5.01. The summed E-state index contributed by atoms with van der Waals surface area (Å²) in [5.74, 6) is -1.40. The van der Waals surface area contributed by atoms with Gasteiger partial charge in [-0.25, -0.2) is 4.79 Å². The van der Waals surface area contributed by atoms with E-state index in [9.17, 15) is 19.7 Å².